The van der Waals surface area contributed by atoms with Gasteiger partial charge >= 0.3 is 0 Å². The lowest BCUT2D eigenvalue weighted by atomic mass is 10.0. The molecule has 1 amide bonds. The quantitative estimate of drug-likeness (QED) is 0.724. The second-order valence-electron chi connectivity index (χ2n) is 5.44. The maximum absolute atomic E-state index is 11.7. The van der Waals surface area contributed by atoms with Crippen LogP contribution in [0.15, 0.2) is 29.2 Å². The van der Waals surface area contributed by atoms with Crippen LogP contribution in [0.5, 0.6) is 0 Å². The van der Waals surface area contributed by atoms with Gasteiger partial charge in [0.2, 0.25) is 5.91 Å². The average Bonchev–Trinajstić information content (AvgIpc) is 2.39. The third-order valence-corrected chi connectivity index (χ3v) is 4.09. The van der Waals surface area contributed by atoms with Crippen molar-refractivity contribution in [1.29, 1.82) is 0 Å². The van der Waals surface area contributed by atoms with Crippen molar-refractivity contribution in [3.63, 3.8) is 0 Å². The molecule has 4 heteroatoms. The van der Waals surface area contributed by atoms with Crippen molar-refractivity contribution in [2.45, 2.75) is 50.5 Å². The number of nitrogens with one attached hydrogen (secondary N) is 1. The fraction of sp³-hybridized carbons (Fsp3) is 0.562. The van der Waals surface area contributed by atoms with Gasteiger partial charge in [-0.2, -0.15) is 0 Å². The van der Waals surface area contributed by atoms with E-state index in [9.17, 15) is 9.90 Å². The van der Waals surface area contributed by atoms with Crippen LogP contribution < -0.4 is 5.32 Å². The van der Waals surface area contributed by atoms with E-state index < -0.39 is 5.60 Å². The summed E-state index contributed by atoms with van der Waals surface area (Å²) in [6.07, 6.45) is 2.08. The highest BCUT2D eigenvalue weighted by atomic mass is 32.2. The zero-order chi connectivity index (χ0) is 15.0. The van der Waals surface area contributed by atoms with Gasteiger partial charge in [-0.3, -0.25) is 4.79 Å². The zero-order valence-corrected chi connectivity index (χ0v) is 13.4. The first kappa shape index (κ1) is 17.1. The van der Waals surface area contributed by atoms with E-state index in [1.165, 1.54) is 10.5 Å². The van der Waals surface area contributed by atoms with Crippen LogP contribution in [0.25, 0.3) is 0 Å². The molecular weight excluding hydrogens is 270 g/mol. The van der Waals surface area contributed by atoms with Crippen LogP contribution in [-0.4, -0.2) is 28.9 Å². The maximum atomic E-state index is 11.7. The lowest BCUT2D eigenvalue weighted by molar-refractivity contribution is -0.121. The molecule has 0 aliphatic heterocycles. The van der Waals surface area contributed by atoms with Crippen LogP contribution in [0.3, 0.4) is 0 Å². The van der Waals surface area contributed by atoms with E-state index in [1.54, 1.807) is 18.7 Å². The summed E-state index contributed by atoms with van der Waals surface area (Å²) in [4.78, 5) is 12.9. The number of benzene rings is 1. The molecule has 112 valence electrons. The average molecular weight is 295 g/mol. The van der Waals surface area contributed by atoms with Gasteiger partial charge in [0.1, 0.15) is 0 Å². The van der Waals surface area contributed by atoms with Gasteiger partial charge in [-0.1, -0.05) is 31.0 Å². The first-order valence-electron chi connectivity index (χ1n) is 7.11. The molecule has 1 rings (SSSR count). The van der Waals surface area contributed by atoms with Crippen LogP contribution >= 0.6 is 11.8 Å². The Morgan fingerprint density at radius 3 is 2.60 bits per heavy atom. The van der Waals surface area contributed by atoms with Gasteiger partial charge in [0.25, 0.3) is 0 Å². The largest absolute Gasteiger partial charge is 0.388 e. The molecular formula is C16H25NO2S. The minimum atomic E-state index is -0.797. The Morgan fingerprint density at radius 2 is 2.00 bits per heavy atom. The number of hydrogen-bond donors (Lipinski definition) is 2. The lowest BCUT2D eigenvalue weighted by Gasteiger charge is -2.22. The van der Waals surface area contributed by atoms with Gasteiger partial charge < -0.3 is 10.4 Å². The highest BCUT2D eigenvalue weighted by Crippen LogP contribution is 2.19. The Kier molecular flexibility index (Phi) is 7.10. The smallest absolute Gasteiger partial charge is 0.220 e. The van der Waals surface area contributed by atoms with Crippen molar-refractivity contribution in [3.05, 3.63) is 29.8 Å². The molecule has 0 aliphatic rings. The van der Waals surface area contributed by atoms with Crippen molar-refractivity contribution in [2.24, 2.45) is 0 Å². The third kappa shape index (κ3) is 6.96. The number of rotatable bonds is 8. The molecule has 1 unspecified atom stereocenters. The van der Waals surface area contributed by atoms with Gasteiger partial charge in [-0.25, -0.2) is 0 Å². The van der Waals surface area contributed by atoms with Crippen LogP contribution in [-0.2, 0) is 4.79 Å². The number of hydrogen-bond acceptors (Lipinski definition) is 3. The minimum absolute atomic E-state index is 0.000916. The summed E-state index contributed by atoms with van der Waals surface area (Å²) < 4.78 is 0. The summed E-state index contributed by atoms with van der Waals surface area (Å²) in [5.41, 5.74) is 0.444. The molecule has 1 aromatic rings. The van der Waals surface area contributed by atoms with Crippen molar-refractivity contribution >= 4 is 17.7 Å². The molecule has 2 N–H and O–H groups in total. The molecule has 20 heavy (non-hydrogen) atoms. The minimum Gasteiger partial charge on any atom is -0.388 e. The fourth-order valence-corrected chi connectivity index (χ4v) is 2.75. The highest BCUT2D eigenvalue weighted by Gasteiger charge is 2.19. The predicted molar refractivity (Wildman–Crippen MR) is 85.1 cm³/mol. The Labute approximate surface area is 126 Å². The standard InChI is InChI=1S/C16H25NO2S/c1-4-10-16(3,19)12-17-15(18)9-11-20-14-7-5-13(2)6-8-14/h5-8,19H,4,9-12H2,1-3H3,(H,17,18). The Hall–Kier alpha value is -1.00. The molecule has 0 saturated heterocycles. The first-order chi connectivity index (χ1) is 9.43. The summed E-state index contributed by atoms with van der Waals surface area (Å²) >= 11 is 1.68. The number of carbonyl (C=O) groups is 1. The van der Waals surface area contributed by atoms with Crippen molar-refractivity contribution in [2.75, 3.05) is 12.3 Å². The number of amides is 1. The number of thioether (sulfide) groups is 1. The molecule has 0 aromatic heterocycles. The second-order valence-corrected chi connectivity index (χ2v) is 6.60. The van der Waals surface area contributed by atoms with E-state index in [1.807, 2.05) is 6.92 Å². The fourth-order valence-electron chi connectivity index (χ4n) is 1.90. The third-order valence-electron chi connectivity index (χ3n) is 3.07. The molecule has 0 radical (unpaired) electrons. The zero-order valence-electron chi connectivity index (χ0n) is 12.6. The van der Waals surface area contributed by atoms with Crippen LogP contribution in [0.4, 0.5) is 0 Å². The molecule has 0 aliphatic carbocycles. The van der Waals surface area contributed by atoms with Crippen molar-refractivity contribution in [1.82, 2.24) is 5.32 Å². The summed E-state index contributed by atoms with van der Waals surface area (Å²) in [6, 6.07) is 8.29. The molecule has 0 heterocycles. The maximum Gasteiger partial charge on any atom is 0.220 e. The Bertz CT molecular complexity index is 415. The summed E-state index contributed by atoms with van der Waals surface area (Å²) in [5, 5.41) is 12.8. The summed E-state index contributed by atoms with van der Waals surface area (Å²) in [5.74, 6) is 0.756. The Morgan fingerprint density at radius 1 is 1.35 bits per heavy atom. The van der Waals surface area contributed by atoms with Gasteiger partial charge in [0, 0.05) is 23.6 Å². The van der Waals surface area contributed by atoms with Gasteiger partial charge in [0.05, 0.1) is 5.60 Å². The Balaban J connectivity index is 2.22. The molecule has 1 atom stereocenters. The summed E-state index contributed by atoms with van der Waals surface area (Å²) in [6.45, 7) is 6.17. The van der Waals surface area contributed by atoms with E-state index in [4.69, 9.17) is 0 Å². The van der Waals surface area contributed by atoms with Crippen molar-refractivity contribution < 1.29 is 9.90 Å². The molecule has 0 fully saturated rings. The molecule has 0 saturated carbocycles. The summed E-state index contributed by atoms with van der Waals surface area (Å²) in [7, 11) is 0. The molecule has 1 aromatic carbocycles. The van der Waals surface area contributed by atoms with E-state index in [2.05, 4.69) is 36.5 Å². The van der Waals surface area contributed by atoms with Gasteiger partial charge in [-0.05, 0) is 32.4 Å². The normalized spacial score (nSPS) is 13.8. The van der Waals surface area contributed by atoms with Crippen LogP contribution in [0, 0.1) is 6.92 Å². The second kappa shape index (κ2) is 8.32. The monoisotopic (exact) mass is 295 g/mol. The van der Waals surface area contributed by atoms with Crippen molar-refractivity contribution in [3.8, 4) is 0 Å². The number of carbonyl (C=O) groups excluding carboxylic acids is 1. The van der Waals surface area contributed by atoms with E-state index in [0.29, 0.717) is 19.4 Å². The SMILES string of the molecule is CCCC(C)(O)CNC(=O)CCSc1ccc(C)cc1. The van der Waals surface area contributed by atoms with E-state index in [0.717, 1.165) is 12.2 Å². The predicted octanol–water partition coefficient (Wildman–Crippen LogP) is 3.14. The topological polar surface area (TPSA) is 49.3 Å². The molecule has 0 bridgehead atoms. The number of aryl methyl sites for hydroxylation is 1. The van der Waals surface area contributed by atoms with Gasteiger partial charge in [-0.15, -0.1) is 11.8 Å². The lowest BCUT2D eigenvalue weighted by Crippen LogP contribution is -2.40. The molecule has 0 spiro atoms. The van der Waals surface area contributed by atoms with Crippen LogP contribution in [0.1, 0.15) is 38.7 Å². The van der Waals surface area contributed by atoms with Gasteiger partial charge in [0.15, 0.2) is 0 Å². The first-order valence-corrected chi connectivity index (χ1v) is 8.10. The van der Waals surface area contributed by atoms with E-state index >= 15 is 0 Å². The highest BCUT2D eigenvalue weighted by molar-refractivity contribution is 7.99. The molecule has 3 nitrogen and oxygen atoms in total. The number of aliphatic hydroxyl groups is 1. The van der Waals surface area contributed by atoms with Crippen LogP contribution in [0.2, 0.25) is 0 Å². The van der Waals surface area contributed by atoms with E-state index in [-0.39, 0.29) is 5.91 Å².